The second kappa shape index (κ2) is 4.61. The highest BCUT2D eigenvalue weighted by atomic mass is 35.5. The zero-order chi connectivity index (χ0) is 14.4. The molecule has 3 nitrogen and oxygen atoms in total. The van der Waals surface area contributed by atoms with Crippen LogP contribution in [-0.4, -0.2) is 23.4 Å². The van der Waals surface area contributed by atoms with Crippen molar-refractivity contribution >= 4 is 35.2 Å². The largest absolute Gasteiger partial charge is 0.478 e. The monoisotopic (exact) mass is 312 g/mol. The Balaban J connectivity index is 2.57. The Labute approximate surface area is 115 Å². The molecule has 1 aromatic carbocycles. The van der Waals surface area contributed by atoms with E-state index in [4.69, 9.17) is 28.3 Å². The summed E-state index contributed by atoms with van der Waals surface area (Å²) in [5.74, 6) is -1.87. The van der Waals surface area contributed by atoms with E-state index in [1.165, 1.54) is 6.07 Å². The normalized spacial score (nSPS) is 18.4. The van der Waals surface area contributed by atoms with Gasteiger partial charge in [0.2, 0.25) is 6.10 Å². The van der Waals surface area contributed by atoms with E-state index < -0.39 is 23.8 Å². The number of rotatable bonds is 1. The van der Waals surface area contributed by atoms with Crippen LogP contribution in [0.15, 0.2) is 17.7 Å². The predicted molar refractivity (Wildman–Crippen MR) is 62.5 cm³/mol. The van der Waals surface area contributed by atoms with Gasteiger partial charge in [0, 0.05) is 11.6 Å². The molecule has 0 unspecified atom stereocenters. The minimum Gasteiger partial charge on any atom is -0.478 e. The van der Waals surface area contributed by atoms with Crippen molar-refractivity contribution in [3.05, 3.63) is 33.3 Å². The molecule has 0 saturated carbocycles. The Morgan fingerprint density at radius 2 is 1.84 bits per heavy atom. The van der Waals surface area contributed by atoms with Crippen molar-refractivity contribution in [2.24, 2.45) is 0 Å². The van der Waals surface area contributed by atoms with Gasteiger partial charge in [-0.2, -0.15) is 13.2 Å². The molecule has 19 heavy (non-hydrogen) atoms. The molecule has 1 N–H and O–H groups in total. The number of carboxylic acids is 1. The van der Waals surface area contributed by atoms with E-state index in [0.29, 0.717) is 0 Å². The van der Waals surface area contributed by atoms with Crippen molar-refractivity contribution in [1.29, 1.82) is 0 Å². The predicted octanol–water partition coefficient (Wildman–Crippen LogP) is 3.78. The Hall–Kier alpha value is -1.40. The molecule has 0 spiro atoms. The van der Waals surface area contributed by atoms with Crippen LogP contribution in [-0.2, 0) is 4.79 Å². The number of aliphatic carboxylic acids is 1. The van der Waals surface area contributed by atoms with Crippen LogP contribution >= 0.6 is 23.2 Å². The van der Waals surface area contributed by atoms with Gasteiger partial charge in [-0.25, -0.2) is 4.79 Å². The van der Waals surface area contributed by atoms with Crippen molar-refractivity contribution in [3.63, 3.8) is 0 Å². The first-order valence-corrected chi connectivity index (χ1v) is 5.63. The molecular weight excluding hydrogens is 308 g/mol. The molecule has 1 aliphatic rings. The third-order valence-electron chi connectivity index (χ3n) is 2.44. The first kappa shape index (κ1) is 14.0. The second-order valence-corrected chi connectivity index (χ2v) is 4.56. The minimum absolute atomic E-state index is 0.0218. The van der Waals surface area contributed by atoms with E-state index in [2.05, 4.69) is 4.74 Å². The quantitative estimate of drug-likeness (QED) is 0.858. The van der Waals surface area contributed by atoms with Crippen LogP contribution in [0.5, 0.6) is 5.75 Å². The summed E-state index contributed by atoms with van der Waals surface area (Å²) in [5.41, 5.74) is -0.773. The van der Waals surface area contributed by atoms with Crippen LogP contribution in [0.25, 0.3) is 6.08 Å². The SMILES string of the molecule is O=C(O)C1=Cc2cc(Cl)c(Cl)cc2O[C@@H]1C(F)(F)F. The summed E-state index contributed by atoms with van der Waals surface area (Å²) in [7, 11) is 0. The van der Waals surface area contributed by atoms with Crippen molar-refractivity contribution < 1.29 is 27.8 Å². The van der Waals surface area contributed by atoms with Crippen molar-refractivity contribution in [2.45, 2.75) is 12.3 Å². The van der Waals surface area contributed by atoms with E-state index in [-0.39, 0.29) is 21.4 Å². The number of fused-ring (bicyclic) bond motifs is 1. The second-order valence-electron chi connectivity index (χ2n) is 3.75. The summed E-state index contributed by atoms with van der Waals surface area (Å²) >= 11 is 11.4. The average molecular weight is 313 g/mol. The molecule has 0 amide bonds. The highest BCUT2D eigenvalue weighted by Gasteiger charge is 2.48. The molecule has 0 aliphatic carbocycles. The Bertz CT molecular complexity index is 581. The van der Waals surface area contributed by atoms with Gasteiger partial charge >= 0.3 is 12.1 Å². The molecule has 1 atom stereocenters. The number of carbonyl (C=O) groups is 1. The van der Waals surface area contributed by atoms with Crippen molar-refractivity contribution in [2.75, 3.05) is 0 Å². The fourth-order valence-corrected chi connectivity index (χ4v) is 1.94. The van der Waals surface area contributed by atoms with Crippen LogP contribution in [0.2, 0.25) is 10.0 Å². The van der Waals surface area contributed by atoms with Gasteiger partial charge < -0.3 is 9.84 Å². The maximum atomic E-state index is 12.7. The lowest BCUT2D eigenvalue weighted by atomic mass is 10.0. The highest BCUT2D eigenvalue weighted by molar-refractivity contribution is 6.42. The summed E-state index contributed by atoms with van der Waals surface area (Å²) in [6, 6.07) is 2.36. The standard InChI is InChI=1S/C11H5Cl2F3O3/c12-6-2-4-1-5(10(17)18)9(11(14,15)16)19-8(4)3-7(6)13/h1-3,9H,(H,17,18)/t9-/m0/s1. The number of carboxylic acid groups (broad SMARTS) is 1. The van der Waals surface area contributed by atoms with Crippen LogP contribution in [0, 0.1) is 0 Å². The van der Waals surface area contributed by atoms with E-state index in [1.54, 1.807) is 0 Å². The molecule has 2 rings (SSSR count). The fourth-order valence-electron chi connectivity index (χ4n) is 1.61. The molecule has 0 fully saturated rings. The maximum absolute atomic E-state index is 12.7. The number of hydrogen-bond donors (Lipinski definition) is 1. The van der Waals surface area contributed by atoms with E-state index in [0.717, 1.165) is 12.1 Å². The zero-order valence-corrected chi connectivity index (χ0v) is 10.5. The lowest BCUT2D eigenvalue weighted by Crippen LogP contribution is -2.40. The summed E-state index contributed by atoms with van der Waals surface area (Å²) in [6.45, 7) is 0. The molecule has 0 saturated heterocycles. The van der Waals surface area contributed by atoms with Gasteiger partial charge in [0.1, 0.15) is 5.75 Å². The molecule has 0 radical (unpaired) electrons. The summed E-state index contributed by atoms with van der Waals surface area (Å²) in [6.07, 6.45) is -6.50. The number of halogens is 5. The number of ether oxygens (including phenoxy) is 1. The van der Waals surface area contributed by atoms with Crippen molar-refractivity contribution in [1.82, 2.24) is 0 Å². The van der Waals surface area contributed by atoms with Gasteiger partial charge in [-0.3, -0.25) is 0 Å². The third kappa shape index (κ3) is 2.64. The van der Waals surface area contributed by atoms with Gasteiger partial charge in [0.15, 0.2) is 0 Å². The number of alkyl halides is 3. The maximum Gasteiger partial charge on any atom is 0.430 e. The summed E-state index contributed by atoms with van der Waals surface area (Å²) < 4.78 is 42.9. The Morgan fingerprint density at radius 3 is 2.37 bits per heavy atom. The lowest BCUT2D eigenvalue weighted by molar-refractivity contribution is -0.187. The number of benzene rings is 1. The Morgan fingerprint density at radius 1 is 1.26 bits per heavy atom. The first-order valence-electron chi connectivity index (χ1n) is 4.87. The molecule has 1 heterocycles. The van der Waals surface area contributed by atoms with Crippen LogP contribution in [0.4, 0.5) is 13.2 Å². The molecule has 102 valence electrons. The fraction of sp³-hybridized carbons (Fsp3) is 0.182. The van der Waals surface area contributed by atoms with E-state index in [9.17, 15) is 18.0 Å². The van der Waals surface area contributed by atoms with E-state index >= 15 is 0 Å². The minimum atomic E-state index is -4.84. The van der Waals surface area contributed by atoms with Crippen LogP contribution < -0.4 is 4.74 Å². The molecule has 0 bridgehead atoms. The average Bonchev–Trinajstić information content (AvgIpc) is 2.27. The summed E-state index contributed by atoms with van der Waals surface area (Å²) in [4.78, 5) is 10.9. The van der Waals surface area contributed by atoms with Gasteiger partial charge in [0.05, 0.1) is 15.6 Å². The molecule has 1 aliphatic heterocycles. The molecule has 1 aromatic rings. The van der Waals surface area contributed by atoms with Crippen LogP contribution in [0.1, 0.15) is 5.56 Å². The zero-order valence-electron chi connectivity index (χ0n) is 8.96. The smallest absolute Gasteiger partial charge is 0.430 e. The third-order valence-corrected chi connectivity index (χ3v) is 3.16. The molecular formula is C11H5Cl2F3O3. The molecule has 0 aromatic heterocycles. The lowest BCUT2D eigenvalue weighted by Gasteiger charge is -2.27. The Kier molecular flexibility index (Phi) is 3.40. The topological polar surface area (TPSA) is 46.5 Å². The summed E-state index contributed by atoms with van der Waals surface area (Å²) in [5, 5.41) is 8.93. The first-order chi connectivity index (χ1) is 8.70. The van der Waals surface area contributed by atoms with Crippen LogP contribution in [0.3, 0.4) is 0 Å². The van der Waals surface area contributed by atoms with E-state index in [1.807, 2.05) is 0 Å². The van der Waals surface area contributed by atoms with Gasteiger partial charge in [0.25, 0.3) is 0 Å². The van der Waals surface area contributed by atoms with Crippen molar-refractivity contribution in [3.8, 4) is 5.75 Å². The van der Waals surface area contributed by atoms with Gasteiger partial charge in [-0.15, -0.1) is 0 Å². The van der Waals surface area contributed by atoms with Gasteiger partial charge in [-0.05, 0) is 12.1 Å². The highest BCUT2D eigenvalue weighted by Crippen LogP contribution is 2.40. The van der Waals surface area contributed by atoms with Gasteiger partial charge in [-0.1, -0.05) is 23.2 Å². The number of hydrogen-bond acceptors (Lipinski definition) is 2. The molecule has 8 heteroatoms.